The first kappa shape index (κ1) is 22.3. The van der Waals surface area contributed by atoms with Crippen LogP contribution in [0.15, 0.2) is 65.1 Å². The van der Waals surface area contributed by atoms with E-state index in [2.05, 4.69) is 36.3 Å². The highest BCUT2D eigenvalue weighted by atomic mass is 79.9. The number of nitrogens with zero attached hydrogens (tertiary/aromatic N) is 1. The molecule has 0 unspecified atom stereocenters. The third kappa shape index (κ3) is 6.05. The lowest BCUT2D eigenvalue weighted by Gasteiger charge is -2.12. The van der Waals surface area contributed by atoms with Crippen LogP contribution in [0, 0.1) is 6.92 Å². The van der Waals surface area contributed by atoms with Crippen molar-refractivity contribution in [2.45, 2.75) is 13.3 Å². The number of anilines is 1. The molecule has 1 aromatic heterocycles. The van der Waals surface area contributed by atoms with Gasteiger partial charge in [0.25, 0.3) is 5.91 Å². The number of rotatable bonds is 4. The number of amides is 3. The number of carbonyl (C=O) groups excluding carboxylic acids is 2. The molecule has 10 heteroatoms. The summed E-state index contributed by atoms with van der Waals surface area (Å²) in [6, 6.07) is 14.4. The molecule has 2 N–H and O–H groups in total. The Bertz CT molecular complexity index is 1120. The zero-order chi connectivity index (χ0) is 22.6. The number of ether oxygens (including phenoxy) is 1. The fourth-order valence-electron chi connectivity index (χ4n) is 2.74. The van der Waals surface area contributed by atoms with Gasteiger partial charge in [0.1, 0.15) is 11.6 Å². The smallest absolute Gasteiger partial charge is 0.406 e. The summed E-state index contributed by atoms with van der Waals surface area (Å²) in [7, 11) is 0. The van der Waals surface area contributed by atoms with Gasteiger partial charge in [0.05, 0.1) is 5.56 Å². The molecule has 0 radical (unpaired) electrons. The maximum absolute atomic E-state index is 12.3. The van der Waals surface area contributed by atoms with Gasteiger partial charge < -0.3 is 4.74 Å². The van der Waals surface area contributed by atoms with Crippen molar-refractivity contribution in [1.82, 2.24) is 10.3 Å². The lowest BCUT2D eigenvalue weighted by atomic mass is 10.0. The molecule has 2 aromatic carbocycles. The zero-order valence-electron chi connectivity index (χ0n) is 16.0. The van der Waals surface area contributed by atoms with Crippen molar-refractivity contribution in [2.24, 2.45) is 0 Å². The highest BCUT2D eigenvalue weighted by molar-refractivity contribution is 9.10. The van der Waals surface area contributed by atoms with E-state index in [9.17, 15) is 22.8 Å². The number of urea groups is 1. The first-order valence-electron chi connectivity index (χ1n) is 8.83. The Balaban J connectivity index is 1.67. The predicted octanol–water partition coefficient (Wildman–Crippen LogP) is 5.68. The molecule has 31 heavy (non-hydrogen) atoms. The Morgan fingerprint density at radius 3 is 2.29 bits per heavy atom. The molecule has 1 heterocycles. The van der Waals surface area contributed by atoms with Crippen molar-refractivity contribution in [2.75, 3.05) is 5.32 Å². The van der Waals surface area contributed by atoms with Gasteiger partial charge in [0, 0.05) is 15.7 Å². The molecule has 160 valence electrons. The van der Waals surface area contributed by atoms with E-state index in [1.807, 2.05) is 0 Å². The molecule has 0 aliphatic carbocycles. The second-order valence-corrected chi connectivity index (χ2v) is 7.14. The Morgan fingerprint density at radius 1 is 1.00 bits per heavy atom. The van der Waals surface area contributed by atoms with Crippen molar-refractivity contribution in [1.29, 1.82) is 0 Å². The number of hydrogen-bond acceptors (Lipinski definition) is 4. The summed E-state index contributed by atoms with van der Waals surface area (Å²) < 4.78 is 41.2. The summed E-state index contributed by atoms with van der Waals surface area (Å²) in [4.78, 5) is 28.6. The molecule has 0 aliphatic rings. The minimum Gasteiger partial charge on any atom is -0.406 e. The molecular weight excluding hydrogens is 479 g/mol. The van der Waals surface area contributed by atoms with Crippen LogP contribution in [-0.4, -0.2) is 23.3 Å². The largest absolute Gasteiger partial charge is 0.573 e. The summed E-state index contributed by atoms with van der Waals surface area (Å²) >= 11 is 3.24. The minimum absolute atomic E-state index is 0.204. The molecule has 0 atom stereocenters. The zero-order valence-corrected chi connectivity index (χ0v) is 17.5. The van der Waals surface area contributed by atoms with Crippen molar-refractivity contribution in [3.63, 3.8) is 0 Å². The van der Waals surface area contributed by atoms with Gasteiger partial charge in [-0.1, -0.05) is 24.3 Å². The summed E-state index contributed by atoms with van der Waals surface area (Å²) in [5.41, 5.74) is 2.11. The summed E-state index contributed by atoms with van der Waals surface area (Å²) in [6.07, 6.45) is -4.76. The van der Waals surface area contributed by atoms with Crippen LogP contribution in [0.1, 0.15) is 16.1 Å². The van der Waals surface area contributed by atoms with Gasteiger partial charge in [-0.3, -0.25) is 15.4 Å². The van der Waals surface area contributed by atoms with E-state index in [1.54, 1.807) is 37.3 Å². The van der Waals surface area contributed by atoms with Gasteiger partial charge in [-0.05, 0) is 64.8 Å². The fraction of sp³-hybridized carbons (Fsp3) is 0.0952. The van der Waals surface area contributed by atoms with Gasteiger partial charge >= 0.3 is 12.4 Å². The van der Waals surface area contributed by atoms with E-state index in [0.29, 0.717) is 26.9 Å². The molecular formula is C21H15BrF3N3O3. The number of halogens is 4. The molecule has 6 nitrogen and oxygen atoms in total. The topological polar surface area (TPSA) is 80.3 Å². The molecule has 0 bridgehead atoms. The van der Waals surface area contributed by atoms with Gasteiger partial charge in [0.15, 0.2) is 0 Å². The average molecular weight is 494 g/mol. The third-order valence-corrected chi connectivity index (χ3v) is 4.76. The second-order valence-electron chi connectivity index (χ2n) is 6.29. The van der Waals surface area contributed by atoms with Crippen LogP contribution in [0.5, 0.6) is 5.75 Å². The highest BCUT2D eigenvalue weighted by Crippen LogP contribution is 2.28. The van der Waals surface area contributed by atoms with Crippen LogP contribution in [0.25, 0.3) is 11.1 Å². The van der Waals surface area contributed by atoms with Crippen molar-refractivity contribution in [3.05, 3.63) is 76.4 Å². The van der Waals surface area contributed by atoms with Crippen LogP contribution in [0.4, 0.5) is 23.8 Å². The predicted molar refractivity (Wildman–Crippen MR) is 112 cm³/mol. The Hall–Kier alpha value is -3.40. The van der Waals surface area contributed by atoms with Gasteiger partial charge in [-0.2, -0.15) is 0 Å². The van der Waals surface area contributed by atoms with E-state index in [1.165, 1.54) is 30.3 Å². The number of aromatic nitrogens is 1. The third-order valence-electron chi connectivity index (χ3n) is 4.07. The van der Waals surface area contributed by atoms with Crippen LogP contribution in [-0.2, 0) is 0 Å². The number of pyridine rings is 1. The molecule has 3 rings (SSSR count). The number of benzene rings is 2. The Kier molecular flexibility index (Phi) is 6.59. The molecule has 0 aliphatic heterocycles. The maximum atomic E-state index is 12.3. The molecule has 3 amide bonds. The second kappa shape index (κ2) is 9.17. The van der Waals surface area contributed by atoms with Crippen LogP contribution < -0.4 is 15.4 Å². The maximum Gasteiger partial charge on any atom is 0.573 e. The van der Waals surface area contributed by atoms with Crippen LogP contribution in [0.2, 0.25) is 0 Å². The van der Waals surface area contributed by atoms with E-state index >= 15 is 0 Å². The quantitative estimate of drug-likeness (QED) is 0.489. The summed E-state index contributed by atoms with van der Waals surface area (Å²) in [6.45, 7) is 1.69. The molecule has 0 fully saturated rings. The van der Waals surface area contributed by atoms with Crippen molar-refractivity contribution in [3.8, 4) is 16.9 Å². The number of hydrogen-bond donors (Lipinski definition) is 2. The van der Waals surface area contributed by atoms with Crippen molar-refractivity contribution < 1.29 is 27.5 Å². The lowest BCUT2D eigenvalue weighted by Crippen LogP contribution is -2.34. The number of aryl methyl sites for hydroxylation is 1. The van der Waals surface area contributed by atoms with Gasteiger partial charge in [-0.15, -0.1) is 13.2 Å². The number of alkyl halides is 3. The van der Waals surface area contributed by atoms with Gasteiger partial charge in [0.2, 0.25) is 0 Å². The molecule has 0 spiro atoms. The van der Waals surface area contributed by atoms with E-state index in [0.717, 1.165) is 0 Å². The van der Waals surface area contributed by atoms with E-state index < -0.39 is 18.3 Å². The van der Waals surface area contributed by atoms with E-state index in [-0.39, 0.29) is 11.6 Å². The number of carbonyl (C=O) groups is 2. The SMILES string of the molecule is Cc1nc(NC(=O)NC(=O)c2ccccc2Br)ccc1-c1ccc(OC(F)(F)F)cc1. The normalized spacial score (nSPS) is 11.0. The number of imide groups is 1. The molecule has 3 aromatic rings. The average Bonchev–Trinajstić information content (AvgIpc) is 2.68. The molecule has 0 saturated heterocycles. The highest BCUT2D eigenvalue weighted by Gasteiger charge is 2.31. The lowest BCUT2D eigenvalue weighted by molar-refractivity contribution is -0.274. The van der Waals surface area contributed by atoms with Gasteiger partial charge in [-0.25, -0.2) is 9.78 Å². The molecule has 0 saturated carbocycles. The standard InChI is InChI=1S/C21H15BrF3N3O3/c1-12-15(13-6-8-14(9-7-13)31-21(23,24)25)10-11-18(26-12)27-20(30)28-19(29)16-4-2-3-5-17(16)22/h2-11H,1H3,(H2,26,27,28,29,30). The number of nitrogens with one attached hydrogen (secondary N) is 2. The monoisotopic (exact) mass is 493 g/mol. The fourth-order valence-corrected chi connectivity index (χ4v) is 3.20. The Labute approximate surface area is 183 Å². The first-order valence-corrected chi connectivity index (χ1v) is 9.62. The minimum atomic E-state index is -4.76. The summed E-state index contributed by atoms with van der Waals surface area (Å²) in [5.74, 6) is -0.707. The van der Waals surface area contributed by atoms with E-state index in [4.69, 9.17) is 0 Å². The first-order chi connectivity index (χ1) is 14.6. The van der Waals surface area contributed by atoms with Crippen LogP contribution >= 0.6 is 15.9 Å². The summed E-state index contributed by atoms with van der Waals surface area (Å²) in [5, 5.41) is 4.69. The van der Waals surface area contributed by atoms with Crippen molar-refractivity contribution >= 4 is 33.7 Å². The van der Waals surface area contributed by atoms with Crippen LogP contribution in [0.3, 0.4) is 0 Å². The Morgan fingerprint density at radius 2 is 1.68 bits per heavy atom.